The van der Waals surface area contributed by atoms with Gasteiger partial charge in [-0.25, -0.2) is 0 Å². The largest absolute Gasteiger partial charge is 0.415 e. The molecule has 0 aromatic heterocycles. The Morgan fingerprint density at radius 1 is 0.242 bits per heavy atom. The molecule has 0 spiro atoms. The predicted octanol–water partition coefficient (Wildman–Crippen LogP) is 13.9. The van der Waals surface area contributed by atoms with Crippen molar-refractivity contribution in [3.63, 3.8) is 0 Å². The van der Waals surface area contributed by atoms with E-state index in [0.717, 1.165) is 0 Å². The molecule has 0 aliphatic rings. The summed E-state index contributed by atoms with van der Waals surface area (Å²) < 4.78 is 68.0. The van der Waals surface area contributed by atoms with Crippen LogP contribution < -0.4 is 0 Å². The van der Waals surface area contributed by atoms with Crippen LogP contribution in [0, 0.1) is 0 Å². The molecule has 0 radical (unpaired) electrons. The Morgan fingerprint density at radius 3 is 0.548 bits per heavy atom. The molecule has 0 aromatic carbocycles. The number of rotatable bonds is 24. The van der Waals surface area contributed by atoms with Gasteiger partial charge in [0.1, 0.15) is 0 Å². The molecule has 0 aromatic rings. The Balaban J connectivity index is -0.000000220. The fourth-order valence-electron chi connectivity index (χ4n) is 6.63. The van der Waals surface area contributed by atoms with Gasteiger partial charge in [-0.1, -0.05) is 0 Å². The minimum Gasteiger partial charge on any atom is -0.415 e. The zero-order chi connectivity index (χ0) is 50.8. The molecule has 0 rings (SSSR count). The minimum absolute atomic E-state index is 0.0810. The van der Waals surface area contributed by atoms with Crippen molar-refractivity contribution in [2.24, 2.45) is 0 Å². The molecule has 0 saturated carbocycles. The lowest BCUT2D eigenvalue weighted by atomic mass is 10.3. The van der Waals surface area contributed by atoms with Gasteiger partial charge in [0.2, 0.25) is 0 Å². The van der Waals surface area contributed by atoms with E-state index in [4.69, 9.17) is 55.0 Å². The van der Waals surface area contributed by atoms with Crippen LogP contribution in [0.15, 0.2) is 0 Å². The third kappa shape index (κ3) is 56.3. The van der Waals surface area contributed by atoms with Crippen molar-refractivity contribution in [3.8, 4) is 0 Å². The zero-order valence-electron chi connectivity index (χ0n) is 47.2. The monoisotopic (exact) mass is 951 g/mol. The molecule has 0 aliphatic heterocycles. The molecule has 0 fully saturated rings. The fourth-order valence-corrected chi connectivity index (χ4v) is 16.3. The van der Waals surface area contributed by atoms with Crippen LogP contribution in [0.3, 0.4) is 0 Å². The Kier molecular flexibility index (Phi) is 38.6. The lowest BCUT2D eigenvalue weighted by Crippen LogP contribution is -2.50. The Morgan fingerprint density at radius 2 is 0.403 bits per heavy atom. The van der Waals surface area contributed by atoms with Crippen molar-refractivity contribution in [2.45, 2.75) is 311 Å². The van der Waals surface area contributed by atoms with Crippen molar-refractivity contribution in [1.82, 2.24) is 0 Å². The van der Waals surface area contributed by atoms with E-state index in [9.17, 15) is 0 Å². The lowest BCUT2D eigenvalue weighted by molar-refractivity contribution is -0.399. The highest BCUT2D eigenvalue weighted by Gasteiger charge is 2.37. The average molecular weight is 952 g/mol. The highest BCUT2D eigenvalue weighted by Crippen LogP contribution is 2.22. The fraction of sp³-hybridized carbons (Fsp3) is 1.00. The molecule has 0 bridgehead atoms. The summed E-state index contributed by atoms with van der Waals surface area (Å²) in [5.74, 6) is -1.85. The first-order valence-electron chi connectivity index (χ1n) is 23.4. The summed E-state index contributed by atoms with van der Waals surface area (Å²) in [6.07, 6.45) is 2.07. The molecule has 0 N–H and O–H groups in total. The van der Waals surface area contributed by atoms with E-state index < -0.39 is 43.2 Å². The van der Waals surface area contributed by atoms with Gasteiger partial charge < -0.3 is 55.0 Å². The Hall–Kier alpha value is 0.171. The highest BCUT2D eigenvalue weighted by molar-refractivity contribution is 6.78. The number of hydrogen-bond acceptors (Lipinski definition) is 12. The second-order valence-corrected chi connectivity index (χ2v) is 31.0. The SMILES string of the molecule is CC(C)OC(C)(C)OC(C)C.CC(C)OC(C)(C)OC(C)C.CC(C)OC(C)(OC(C)C)OC(C)C.CC(C)O[Si](C)(C)OC(C)C.CC(C)O[Si](C)(C)O[Si](C)(C)OC(C)C. The molecule has 0 unspecified atom stereocenters. The van der Waals surface area contributed by atoms with Crippen LogP contribution in [0.4, 0.5) is 0 Å². The van der Waals surface area contributed by atoms with E-state index in [0.29, 0.717) is 0 Å². The molecule has 15 heteroatoms. The summed E-state index contributed by atoms with van der Waals surface area (Å²) in [6, 6.07) is 0. The van der Waals surface area contributed by atoms with Crippen molar-refractivity contribution < 1.29 is 55.0 Å². The van der Waals surface area contributed by atoms with Crippen LogP contribution >= 0.6 is 0 Å². The van der Waals surface area contributed by atoms with E-state index in [-0.39, 0.29) is 67.1 Å². The van der Waals surface area contributed by atoms with Gasteiger partial charge in [0.15, 0.2) is 11.6 Å². The van der Waals surface area contributed by atoms with Crippen LogP contribution in [-0.4, -0.2) is 110 Å². The highest BCUT2D eigenvalue weighted by atomic mass is 28.5. The van der Waals surface area contributed by atoms with Gasteiger partial charge in [0.05, 0.1) is 42.7 Å². The molecular weight excluding hydrogens is 841 g/mol. The summed E-state index contributed by atoms with van der Waals surface area (Å²) in [7, 11) is -5.89. The van der Waals surface area contributed by atoms with E-state index in [2.05, 4.69) is 39.3 Å². The zero-order valence-corrected chi connectivity index (χ0v) is 50.2. The van der Waals surface area contributed by atoms with Crippen LogP contribution in [0.25, 0.3) is 0 Å². The van der Waals surface area contributed by atoms with Gasteiger partial charge in [-0.2, -0.15) is 0 Å². The normalized spacial score (nSPS) is 13.4. The van der Waals surface area contributed by atoms with Crippen LogP contribution in [0.2, 0.25) is 39.3 Å². The minimum atomic E-state index is -2.03. The van der Waals surface area contributed by atoms with E-state index in [1.54, 1.807) is 0 Å². The second kappa shape index (κ2) is 33.6. The number of hydrogen-bond donors (Lipinski definition) is 0. The average Bonchev–Trinajstić information content (AvgIpc) is 2.85. The summed E-state index contributed by atoms with van der Waals surface area (Å²) in [4.78, 5) is 0. The van der Waals surface area contributed by atoms with Crippen LogP contribution in [0.5, 0.6) is 0 Å². The lowest BCUT2D eigenvalue weighted by Gasteiger charge is -2.34. The van der Waals surface area contributed by atoms with Crippen molar-refractivity contribution in [3.05, 3.63) is 0 Å². The molecule has 382 valence electrons. The summed E-state index contributed by atoms with van der Waals surface area (Å²) in [5, 5.41) is 0. The van der Waals surface area contributed by atoms with Crippen molar-refractivity contribution >= 4 is 25.7 Å². The van der Waals surface area contributed by atoms with Gasteiger partial charge >= 0.3 is 25.7 Å². The molecule has 0 amide bonds. The van der Waals surface area contributed by atoms with Crippen molar-refractivity contribution in [1.29, 1.82) is 0 Å². The Bertz CT molecular complexity index is 894. The standard InChI is InChI=1S/C11H24O3.C10H26O3Si2.2C9H20O2.C8H20O2Si/c1-8(2)12-11(7,13-9(3)4)14-10(5)6;1-9(2)11-14(5,6)13-15(7,8)12-10(3)4;2*1-7(2)10-9(5,6)11-8(3)4;1-7(2)9-11(5,6)10-8(3)4/h8-10H,1-7H3;9-10H,1-8H3;3*7-8H,1-6H3. The predicted molar refractivity (Wildman–Crippen MR) is 269 cm³/mol. The topological polar surface area (TPSA) is 111 Å². The van der Waals surface area contributed by atoms with E-state index in [1.165, 1.54) is 0 Å². The molecule has 62 heavy (non-hydrogen) atoms. The first kappa shape index (κ1) is 71.2. The molecular formula is C47H110O12Si3. The Labute approximate surface area is 390 Å². The third-order valence-corrected chi connectivity index (χ3v) is 14.1. The van der Waals surface area contributed by atoms with Gasteiger partial charge in [0, 0.05) is 31.3 Å². The first-order valence-corrected chi connectivity index (χ1v) is 31.9. The molecule has 0 heterocycles. The summed E-state index contributed by atoms with van der Waals surface area (Å²) in [5.41, 5.74) is 0. The van der Waals surface area contributed by atoms with Gasteiger partial charge in [-0.3, -0.25) is 0 Å². The smallest absolute Gasteiger partial charge is 0.332 e. The first-order chi connectivity index (χ1) is 27.3. The van der Waals surface area contributed by atoms with E-state index >= 15 is 0 Å². The van der Waals surface area contributed by atoms with Gasteiger partial charge in [-0.15, -0.1) is 0 Å². The quantitative estimate of drug-likeness (QED) is 0.0678. The molecule has 12 nitrogen and oxygen atoms in total. The summed E-state index contributed by atoms with van der Waals surface area (Å²) in [6.45, 7) is 66.2. The maximum Gasteiger partial charge on any atom is 0.332 e. The van der Waals surface area contributed by atoms with E-state index in [1.807, 2.05) is 187 Å². The van der Waals surface area contributed by atoms with Crippen molar-refractivity contribution in [2.75, 3.05) is 0 Å². The number of ether oxygens (including phenoxy) is 7. The second-order valence-electron chi connectivity index (χ2n) is 20.8. The maximum atomic E-state index is 6.08. The van der Waals surface area contributed by atoms with Crippen LogP contribution in [-0.2, 0) is 55.0 Å². The van der Waals surface area contributed by atoms with Crippen LogP contribution in [0.1, 0.15) is 187 Å². The molecule has 0 atom stereocenters. The van der Waals surface area contributed by atoms with Gasteiger partial charge in [0.25, 0.3) is 5.97 Å². The molecule has 0 aliphatic carbocycles. The van der Waals surface area contributed by atoms with Gasteiger partial charge in [-0.05, 0) is 219 Å². The summed E-state index contributed by atoms with van der Waals surface area (Å²) >= 11 is 0. The third-order valence-electron chi connectivity index (χ3n) is 6.00. The maximum absolute atomic E-state index is 6.08. The molecule has 0 saturated heterocycles.